The molecule has 0 aliphatic heterocycles. The normalized spacial score (nSPS) is 19.0. The van der Waals surface area contributed by atoms with E-state index in [0.29, 0.717) is 24.2 Å². The summed E-state index contributed by atoms with van der Waals surface area (Å²) in [5.41, 5.74) is 8.14. The average molecular weight is 576 g/mol. The number of aliphatic hydroxyl groups excluding tert-OH is 1. The number of carbonyl (C=O) groups excluding carboxylic acids is 1. The predicted molar refractivity (Wildman–Crippen MR) is 170 cm³/mol. The summed E-state index contributed by atoms with van der Waals surface area (Å²) in [5.74, 6) is 0.0955. The summed E-state index contributed by atoms with van der Waals surface area (Å²) in [6.45, 7) is 17.8. The van der Waals surface area contributed by atoms with Gasteiger partial charge in [-0.2, -0.15) is 0 Å². The number of carbonyl (C=O) groups is 1. The number of rotatable bonds is 9. The lowest BCUT2D eigenvalue weighted by Crippen LogP contribution is -2.29. The molecule has 0 saturated heterocycles. The Morgan fingerprint density at radius 2 is 1.77 bits per heavy atom. The second-order valence-electron chi connectivity index (χ2n) is 11.1. The molecule has 7 heteroatoms. The quantitative estimate of drug-likeness (QED) is 0.150. The van der Waals surface area contributed by atoms with Gasteiger partial charge in [-0.05, 0) is 74.4 Å². The van der Waals surface area contributed by atoms with E-state index in [0.717, 1.165) is 85.4 Å². The van der Waals surface area contributed by atoms with Gasteiger partial charge in [0.2, 0.25) is 5.78 Å². The third kappa shape index (κ3) is 5.78. The Bertz CT molecular complexity index is 1600. The molecular weight excluding hydrogens is 536 g/mol. The van der Waals surface area contributed by atoms with Gasteiger partial charge in [0.25, 0.3) is 5.70 Å². The number of nitrogens with zero attached hydrogens (tertiary/aromatic N) is 4. The van der Waals surface area contributed by atoms with Gasteiger partial charge in [-0.15, -0.1) is 0 Å². The fourth-order valence-corrected chi connectivity index (χ4v) is 6.67. The molecule has 0 spiro atoms. The molecule has 43 heavy (non-hydrogen) atoms. The molecule has 1 atom stereocenters. The Labute approximate surface area is 254 Å². The van der Waals surface area contributed by atoms with E-state index in [4.69, 9.17) is 11.3 Å². The molecule has 0 aromatic heterocycles. The fraction of sp³-hybridized carbons (Fsp3) is 0.389. The number of Topliss-reactive ketones (excluding diaryl/α,β-unsaturated/α-hetero) is 1. The van der Waals surface area contributed by atoms with Crippen molar-refractivity contribution in [2.24, 2.45) is 0 Å². The van der Waals surface area contributed by atoms with Crippen molar-refractivity contribution in [2.45, 2.75) is 59.0 Å². The summed E-state index contributed by atoms with van der Waals surface area (Å²) in [7, 11) is 0. The molecular formula is C36H39N4O3+. The van der Waals surface area contributed by atoms with E-state index in [1.54, 1.807) is 0 Å². The van der Waals surface area contributed by atoms with Gasteiger partial charge in [0.1, 0.15) is 18.9 Å². The highest BCUT2D eigenvalue weighted by molar-refractivity contribution is 6.39. The molecule has 1 saturated carbocycles. The Morgan fingerprint density at radius 3 is 2.37 bits per heavy atom. The summed E-state index contributed by atoms with van der Waals surface area (Å²) in [5, 5.41) is 20.3. The molecule has 0 bridgehead atoms. The first-order chi connectivity index (χ1) is 20.9. The maximum atomic E-state index is 13.2. The molecule has 1 unspecified atom stereocenters. The maximum Gasteiger partial charge on any atom is 0.265 e. The van der Waals surface area contributed by atoms with Crippen molar-refractivity contribution in [2.75, 3.05) is 37.7 Å². The van der Waals surface area contributed by atoms with E-state index >= 15 is 0 Å². The highest BCUT2D eigenvalue weighted by Gasteiger charge is 2.38. The molecule has 3 aliphatic rings. The Morgan fingerprint density at radius 1 is 1.07 bits per heavy atom. The van der Waals surface area contributed by atoms with Gasteiger partial charge < -0.3 is 14.7 Å². The van der Waals surface area contributed by atoms with Crippen molar-refractivity contribution in [1.82, 2.24) is 0 Å². The van der Waals surface area contributed by atoms with Crippen LogP contribution >= 0.6 is 0 Å². The minimum atomic E-state index is -0.162. The maximum absolute atomic E-state index is 13.2. The second kappa shape index (κ2) is 13.2. The van der Waals surface area contributed by atoms with Gasteiger partial charge in [-0.3, -0.25) is 4.79 Å². The zero-order chi connectivity index (χ0) is 30.5. The van der Waals surface area contributed by atoms with Crippen LogP contribution in [0.15, 0.2) is 71.1 Å². The summed E-state index contributed by atoms with van der Waals surface area (Å²) in [4.78, 5) is 18.9. The Hall–Kier alpha value is -4.46. The Kier molecular flexibility index (Phi) is 9.24. The van der Waals surface area contributed by atoms with Gasteiger partial charge in [0, 0.05) is 31.6 Å². The predicted octanol–water partition coefficient (Wildman–Crippen LogP) is 7.04. The lowest BCUT2D eigenvalue weighted by atomic mass is 9.77. The third-order valence-corrected chi connectivity index (χ3v) is 9.03. The number of likely N-dealkylation sites (N-methyl/N-ethyl adjacent to an activating group) is 1. The minimum Gasteiger partial charge on any atom is -0.506 e. The van der Waals surface area contributed by atoms with Crippen molar-refractivity contribution < 1.29 is 19.2 Å². The van der Waals surface area contributed by atoms with Crippen molar-refractivity contribution in [3.05, 3.63) is 99.2 Å². The smallest absolute Gasteiger partial charge is 0.265 e. The molecule has 0 radical (unpaired) electrons. The monoisotopic (exact) mass is 575 g/mol. The van der Waals surface area contributed by atoms with Crippen LogP contribution in [0.3, 0.4) is 0 Å². The first-order valence-corrected chi connectivity index (χ1v) is 15.3. The number of anilines is 1. The van der Waals surface area contributed by atoms with Crippen LogP contribution in [-0.2, 0) is 9.53 Å². The van der Waals surface area contributed by atoms with Gasteiger partial charge in [0.15, 0.2) is 12.3 Å². The molecule has 0 heterocycles. The second-order valence-corrected chi connectivity index (χ2v) is 11.1. The van der Waals surface area contributed by atoms with Crippen LogP contribution < -0.4 is 4.90 Å². The van der Waals surface area contributed by atoms with E-state index < -0.39 is 0 Å². The highest BCUT2D eigenvalue weighted by atomic mass is 16.5. The van der Waals surface area contributed by atoms with Crippen LogP contribution in [0.2, 0.25) is 0 Å². The van der Waals surface area contributed by atoms with Gasteiger partial charge in [0.05, 0.1) is 29.9 Å². The van der Waals surface area contributed by atoms with Crippen LogP contribution in [0.1, 0.15) is 75.7 Å². The average Bonchev–Trinajstić information content (AvgIpc) is 3.40. The first kappa shape index (κ1) is 30.0. The number of nitriles is 1. The topological polar surface area (TPSA) is 80.9 Å². The largest absolute Gasteiger partial charge is 0.506 e. The molecule has 220 valence electrons. The molecule has 0 amide bonds. The summed E-state index contributed by atoms with van der Waals surface area (Å²) >= 11 is 0. The van der Waals surface area contributed by atoms with Crippen LogP contribution in [0.4, 0.5) is 5.69 Å². The van der Waals surface area contributed by atoms with E-state index in [-0.39, 0.29) is 23.3 Å². The number of aliphatic hydroxyl groups is 1. The van der Waals surface area contributed by atoms with E-state index in [2.05, 4.69) is 35.1 Å². The molecule has 1 fully saturated rings. The number of benzene rings is 2. The van der Waals surface area contributed by atoms with E-state index in [1.807, 2.05) is 54.6 Å². The number of hydrogen-bond donors (Lipinski definition) is 1. The number of hydrogen-bond acceptors (Lipinski definition) is 5. The number of ketones is 1. The van der Waals surface area contributed by atoms with Crippen LogP contribution in [0.5, 0.6) is 0 Å². The number of allylic oxidation sites excluding steroid dienone is 4. The van der Waals surface area contributed by atoms with Crippen molar-refractivity contribution in [3.63, 3.8) is 0 Å². The van der Waals surface area contributed by atoms with Crippen molar-refractivity contribution in [1.29, 1.82) is 5.26 Å². The fourth-order valence-electron chi connectivity index (χ4n) is 6.67. The standard InChI is InChI=1S/C36H38N4O3/c1-5-39(6-2)26-16-12-24(13-17-26)33-35(41)34(36(33)42)25-14-18-27(19-15-25)40(7-3)20-21-43-32-22-30(31(23-37)38-4)28-10-8-9-11-29(28)32/h8-13,16-17,32H,5-7,14-15,18-22H2,1-3H3/p+1/b31-30+. The van der Waals surface area contributed by atoms with Crippen LogP contribution in [0, 0.1) is 17.9 Å². The lowest BCUT2D eigenvalue weighted by molar-refractivity contribution is -0.530. The Balaban J connectivity index is 1.22. The first-order valence-electron chi connectivity index (χ1n) is 15.3. The highest BCUT2D eigenvalue weighted by Crippen LogP contribution is 2.44. The molecule has 2 aromatic carbocycles. The SMILES string of the molecule is [C-]#[N+]/C(C#N)=C1\CC(OCC[N+](CC)=C2CCC(=C3C(=O)C(c4ccc(N(CC)CC)cc4)=C3O)CC2)c2ccccc21. The van der Waals surface area contributed by atoms with Crippen molar-refractivity contribution in [3.8, 4) is 6.07 Å². The lowest BCUT2D eigenvalue weighted by Gasteiger charge is -2.27. The summed E-state index contributed by atoms with van der Waals surface area (Å²) < 4.78 is 8.69. The summed E-state index contributed by atoms with van der Waals surface area (Å²) in [6, 6.07) is 17.8. The molecule has 1 N–H and O–H groups in total. The van der Waals surface area contributed by atoms with Crippen molar-refractivity contribution >= 4 is 28.3 Å². The zero-order valence-corrected chi connectivity index (χ0v) is 25.3. The number of ether oxygens (including phenoxy) is 1. The van der Waals surface area contributed by atoms with Crippen LogP contribution in [0.25, 0.3) is 16.0 Å². The molecule has 5 rings (SSSR count). The van der Waals surface area contributed by atoms with Crippen LogP contribution in [-0.4, -0.2) is 54.0 Å². The minimum absolute atomic E-state index is 0.0460. The molecule has 2 aromatic rings. The van der Waals surface area contributed by atoms with Gasteiger partial charge in [-0.1, -0.05) is 42.0 Å². The van der Waals surface area contributed by atoms with Gasteiger partial charge >= 0.3 is 0 Å². The molecule has 3 aliphatic carbocycles. The number of fused-ring (bicyclic) bond motifs is 1. The third-order valence-electron chi connectivity index (χ3n) is 9.03. The van der Waals surface area contributed by atoms with E-state index in [1.165, 1.54) is 5.71 Å². The van der Waals surface area contributed by atoms with E-state index in [9.17, 15) is 15.2 Å². The zero-order valence-electron chi connectivity index (χ0n) is 25.3. The van der Waals surface area contributed by atoms with Gasteiger partial charge in [-0.25, -0.2) is 14.7 Å². The molecule has 7 nitrogen and oxygen atoms in total. The summed E-state index contributed by atoms with van der Waals surface area (Å²) in [6.07, 6.45) is 3.63.